The highest BCUT2D eigenvalue weighted by molar-refractivity contribution is 6.42. The van der Waals surface area contributed by atoms with Crippen molar-refractivity contribution in [2.24, 2.45) is 5.73 Å². The third kappa shape index (κ3) is 3.71. The van der Waals surface area contributed by atoms with Crippen molar-refractivity contribution in [1.29, 1.82) is 0 Å². The van der Waals surface area contributed by atoms with Crippen molar-refractivity contribution >= 4 is 23.2 Å². The topological polar surface area (TPSA) is 46.2 Å². The molecule has 0 aliphatic carbocycles. The molecule has 0 radical (unpaired) electrons. The molecule has 0 amide bonds. The van der Waals surface area contributed by atoms with Gasteiger partial charge in [0, 0.05) is 6.42 Å². The highest BCUT2D eigenvalue weighted by Crippen LogP contribution is 2.26. The predicted octanol–water partition coefficient (Wildman–Crippen LogP) is 3.60. The Bertz CT molecular complexity index is 545. The summed E-state index contributed by atoms with van der Waals surface area (Å²) < 4.78 is 0. The van der Waals surface area contributed by atoms with E-state index in [4.69, 9.17) is 28.9 Å². The molecule has 19 heavy (non-hydrogen) atoms. The van der Waals surface area contributed by atoms with E-state index in [1.54, 1.807) is 18.2 Å². The van der Waals surface area contributed by atoms with Gasteiger partial charge in [0.1, 0.15) is 0 Å². The Morgan fingerprint density at radius 3 is 2.32 bits per heavy atom. The van der Waals surface area contributed by atoms with E-state index in [0.717, 1.165) is 11.1 Å². The van der Waals surface area contributed by atoms with Gasteiger partial charge in [-0.25, -0.2) is 0 Å². The normalized spacial score (nSPS) is 14.1. The molecule has 0 aliphatic rings. The van der Waals surface area contributed by atoms with Crippen LogP contribution >= 0.6 is 23.2 Å². The van der Waals surface area contributed by atoms with Crippen LogP contribution in [0.5, 0.6) is 0 Å². The fourth-order valence-electron chi connectivity index (χ4n) is 1.92. The Labute approximate surface area is 122 Å². The Kier molecular flexibility index (Phi) is 4.83. The van der Waals surface area contributed by atoms with Crippen LogP contribution in [0.3, 0.4) is 0 Å². The first-order valence-electron chi connectivity index (χ1n) is 6.00. The van der Waals surface area contributed by atoms with E-state index in [9.17, 15) is 5.11 Å². The largest absolute Gasteiger partial charge is 0.391 e. The summed E-state index contributed by atoms with van der Waals surface area (Å²) in [6, 6.07) is 14.4. The van der Waals surface area contributed by atoms with Crippen molar-refractivity contribution in [1.82, 2.24) is 0 Å². The van der Waals surface area contributed by atoms with Crippen LogP contribution in [0.15, 0.2) is 48.5 Å². The number of hydrogen-bond donors (Lipinski definition) is 2. The van der Waals surface area contributed by atoms with E-state index in [-0.39, 0.29) is 0 Å². The lowest BCUT2D eigenvalue weighted by molar-refractivity contribution is 0.145. The zero-order valence-electron chi connectivity index (χ0n) is 10.3. The predicted molar refractivity (Wildman–Crippen MR) is 79.5 cm³/mol. The number of aliphatic hydroxyl groups excluding tert-OH is 1. The van der Waals surface area contributed by atoms with Crippen LogP contribution in [0.1, 0.15) is 17.2 Å². The summed E-state index contributed by atoms with van der Waals surface area (Å²) in [5.74, 6) is 0. The van der Waals surface area contributed by atoms with Gasteiger partial charge >= 0.3 is 0 Å². The average molecular weight is 296 g/mol. The van der Waals surface area contributed by atoms with Gasteiger partial charge in [-0.05, 0) is 23.3 Å². The van der Waals surface area contributed by atoms with E-state index >= 15 is 0 Å². The number of aliphatic hydroxyl groups is 1. The molecular weight excluding hydrogens is 281 g/mol. The zero-order valence-corrected chi connectivity index (χ0v) is 11.8. The van der Waals surface area contributed by atoms with Crippen molar-refractivity contribution in [3.05, 3.63) is 69.7 Å². The van der Waals surface area contributed by atoms with Gasteiger partial charge in [-0.3, -0.25) is 0 Å². The Morgan fingerprint density at radius 2 is 1.68 bits per heavy atom. The van der Waals surface area contributed by atoms with E-state index in [0.29, 0.717) is 16.5 Å². The number of halogens is 2. The molecule has 0 heterocycles. The number of nitrogens with two attached hydrogens (primary N) is 1. The summed E-state index contributed by atoms with van der Waals surface area (Å²) in [7, 11) is 0. The molecule has 2 rings (SSSR count). The monoisotopic (exact) mass is 295 g/mol. The van der Waals surface area contributed by atoms with Crippen LogP contribution in [0.2, 0.25) is 10.0 Å². The molecule has 0 aromatic heterocycles. The van der Waals surface area contributed by atoms with Crippen molar-refractivity contribution in [3.63, 3.8) is 0 Å². The maximum atomic E-state index is 10.2. The lowest BCUT2D eigenvalue weighted by Crippen LogP contribution is -2.28. The summed E-state index contributed by atoms with van der Waals surface area (Å²) in [6.07, 6.45) is -0.165. The smallest absolute Gasteiger partial charge is 0.0773 e. The molecule has 2 atom stereocenters. The van der Waals surface area contributed by atoms with Crippen LogP contribution in [0.25, 0.3) is 0 Å². The molecule has 4 heteroatoms. The first kappa shape index (κ1) is 14.4. The molecule has 0 spiro atoms. The molecule has 2 aromatic carbocycles. The third-order valence-corrected chi connectivity index (χ3v) is 3.77. The maximum Gasteiger partial charge on any atom is 0.0773 e. The van der Waals surface area contributed by atoms with E-state index in [2.05, 4.69) is 0 Å². The summed E-state index contributed by atoms with van der Waals surface area (Å²) >= 11 is 11.8. The number of rotatable bonds is 4. The molecule has 2 aromatic rings. The Balaban J connectivity index is 2.10. The van der Waals surface area contributed by atoms with Gasteiger partial charge in [0.2, 0.25) is 0 Å². The van der Waals surface area contributed by atoms with E-state index < -0.39 is 12.1 Å². The van der Waals surface area contributed by atoms with Crippen molar-refractivity contribution in [2.45, 2.75) is 18.6 Å². The lowest BCUT2D eigenvalue weighted by atomic mass is 9.97. The minimum Gasteiger partial charge on any atom is -0.391 e. The van der Waals surface area contributed by atoms with Crippen molar-refractivity contribution in [3.8, 4) is 0 Å². The standard InChI is InChI=1S/C15H15Cl2NO/c16-12-7-6-11(9-13(12)17)15(18)14(19)8-10-4-2-1-3-5-10/h1-7,9,14-15,19H,8,18H2/t14-,15+/m0/s1. The molecule has 0 aliphatic heterocycles. The second-order valence-corrected chi connectivity index (χ2v) is 5.27. The molecule has 100 valence electrons. The Morgan fingerprint density at radius 1 is 1.00 bits per heavy atom. The first-order valence-corrected chi connectivity index (χ1v) is 6.76. The molecule has 3 N–H and O–H groups in total. The van der Waals surface area contributed by atoms with Crippen molar-refractivity contribution in [2.75, 3.05) is 0 Å². The summed E-state index contributed by atoms with van der Waals surface area (Å²) in [4.78, 5) is 0. The minimum atomic E-state index is -0.667. The fourth-order valence-corrected chi connectivity index (χ4v) is 2.23. The SMILES string of the molecule is N[C@H](c1ccc(Cl)c(Cl)c1)[C@@H](O)Cc1ccccc1. The fraction of sp³-hybridized carbons (Fsp3) is 0.200. The average Bonchev–Trinajstić information content (AvgIpc) is 2.42. The Hall–Kier alpha value is -1.06. The van der Waals surface area contributed by atoms with Gasteiger partial charge in [-0.1, -0.05) is 59.6 Å². The molecule has 0 saturated carbocycles. The summed E-state index contributed by atoms with van der Waals surface area (Å²) in [5, 5.41) is 11.1. The van der Waals surface area contributed by atoms with Gasteiger partial charge < -0.3 is 10.8 Å². The highest BCUT2D eigenvalue weighted by atomic mass is 35.5. The number of hydrogen-bond acceptors (Lipinski definition) is 2. The first-order chi connectivity index (χ1) is 9.08. The van der Waals surface area contributed by atoms with Crippen LogP contribution in [0.4, 0.5) is 0 Å². The van der Waals surface area contributed by atoms with Gasteiger partial charge in [-0.2, -0.15) is 0 Å². The lowest BCUT2D eigenvalue weighted by Gasteiger charge is -2.19. The van der Waals surface area contributed by atoms with Gasteiger partial charge in [-0.15, -0.1) is 0 Å². The maximum absolute atomic E-state index is 10.2. The minimum absolute atomic E-state index is 0.446. The molecule has 2 nitrogen and oxygen atoms in total. The van der Waals surface area contributed by atoms with Gasteiger partial charge in [0.05, 0.1) is 22.2 Å². The highest BCUT2D eigenvalue weighted by Gasteiger charge is 2.18. The van der Waals surface area contributed by atoms with E-state index in [1.165, 1.54) is 0 Å². The van der Waals surface area contributed by atoms with Crippen LogP contribution in [0, 0.1) is 0 Å². The molecule has 0 fully saturated rings. The molecular formula is C15H15Cl2NO. The summed E-state index contributed by atoms with van der Waals surface area (Å²) in [5.41, 5.74) is 7.88. The van der Waals surface area contributed by atoms with Crippen molar-refractivity contribution < 1.29 is 5.11 Å². The summed E-state index contributed by atoms with van der Waals surface area (Å²) in [6.45, 7) is 0. The molecule has 0 saturated heterocycles. The third-order valence-electron chi connectivity index (χ3n) is 3.03. The van der Waals surface area contributed by atoms with Crippen LogP contribution < -0.4 is 5.73 Å². The van der Waals surface area contributed by atoms with Crippen LogP contribution in [-0.2, 0) is 6.42 Å². The number of benzene rings is 2. The van der Waals surface area contributed by atoms with Gasteiger partial charge in [0.25, 0.3) is 0 Å². The van der Waals surface area contributed by atoms with Crippen LogP contribution in [-0.4, -0.2) is 11.2 Å². The molecule has 0 bridgehead atoms. The second kappa shape index (κ2) is 6.40. The van der Waals surface area contributed by atoms with Gasteiger partial charge in [0.15, 0.2) is 0 Å². The molecule has 0 unspecified atom stereocenters. The zero-order chi connectivity index (χ0) is 13.8. The van der Waals surface area contributed by atoms with E-state index in [1.807, 2.05) is 30.3 Å². The second-order valence-electron chi connectivity index (χ2n) is 4.46. The quantitative estimate of drug-likeness (QED) is 0.905.